The Morgan fingerprint density at radius 1 is 0.706 bits per heavy atom. The first-order valence-electron chi connectivity index (χ1n) is 6.13. The molecule has 2 N–H and O–H groups in total. The molecule has 0 spiro atoms. The minimum Gasteiger partial charge on any atom is -0.870 e. The minimum absolute atomic E-state index is 0. The van der Waals surface area contributed by atoms with Crippen molar-refractivity contribution in [3.05, 3.63) is 13.8 Å². The zero-order valence-electron chi connectivity index (χ0n) is 12.2. The molecule has 0 aliphatic carbocycles. The first-order valence-corrected chi connectivity index (χ1v) is 6.13. The van der Waals surface area contributed by atoms with E-state index in [0.29, 0.717) is 0 Å². The molecular formula is C14H32O2Ti. The average molecular weight is 280 g/mol. The molecule has 0 aromatic heterocycles. The number of hydrogen-bond acceptors (Lipinski definition) is 2. The van der Waals surface area contributed by atoms with Crippen molar-refractivity contribution < 1.29 is 32.7 Å². The van der Waals surface area contributed by atoms with Gasteiger partial charge in [-0.05, 0) is 11.8 Å². The molecule has 0 heterocycles. The van der Waals surface area contributed by atoms with Crippen molar-refractivity contribution in [2.24, 2.45) is 11.8 Å². The Kier molecular flexibility index (Phi) is 45.8. The van der Waals surface area contributed by atoms with E-state index in [1.54, 1.807) is 0 Å². The van der Waals surface area contributed by atoms with Crippen LogP contribution >= 0.6 is 0 Å². The molecule has 0 aromatic carbocycles. The van der Waals surface area contributed by atoms with Gasteiger partial charge in [-0.15, -0.1) is 0 Å². The molecule has 0 rings (SSSR count). The second-order valence-electron chi connectivity index (χ2n) is 4.78. The third-order valence-corrected chi connectivity index (χ3v) is 2.06. The molecule has 0 aliphatic rings. The summed E-state index contributed by atoms with van der Waals surface area (Å²) >= 11 is 0. The summed E-state index contributed by atoms with van der Waals surface area (Å²) in [7, 11) is 0. The van der Waals surface area contributed by atoms with Crippen molar-refractivity contribution in [2.45, 2.75) is 66.2 Å². The second kappa shape index (κ2) is 25.5. The molecule has 0 aromatic rings. The average Bonchev–Trinajstić information content (AvgIpc) is 2.12. The molecule has 0 saturated heterocycles. The van der Waals surface area contributed by atoms with E-state index in [4.69, 9.17) is 0 Å². The molecule has 0 saturated carbocycles. The van der Waals surface area contributed by atoms with E-state index < -0.39 is 0 Å². The predicted octanol–water partition coefficient (Wildman–Crippen LogP) is 4.94. The maximum Gasteiger partial charge on any atom is 4.00 e. The first-order chi connectivity index (χ1) is 6.54. The van der Waals surface area contributed by atoms with E-state index in [1.165, 1.54) is 25.7 Å². The van der Waals surface area contributed by atoms with Crippen molar-refractivity contribution in [3.63, 3.8) is 0 Å². The zero-order chi connectivity index (χ0) is 11.4. The van der Waals surface area contributed by atoms with Gasteiger partial charge in [-0.1, -0.05) is 53.4 Å². The van der Waals surface area contributed by atoms with Gasteiger partial charge in [-0.2, -0.15) is 12.8 Å². The predicted molar refractivity (Wildman–Crippen MR) is 72.0 cm³/mol. The Labute approximate surface area is 124 Å². The van der Waals surface area contributed by atoms with Gasteiger partial charge in [0, 0.05) is 0 Å². The minimum atomic E-state index is 0. The molecule has 0 fully saturated rings. The van der Waals surface area contributed by atoms with Crippen LogP contribution in [0.3, 0.4) is 0 Å². The molecule has 0 unspecified atom stereocenters. The molecular weight excluding hydrogens is 248 g/mol. The summed E-state index contributed by atoms with van der Waals surface area (Å²) in [6, 6.07) is 0. The Hall–Kier alpha value is 0.634. The van der Waals surface area contributed by atoms with Gasteiger partial charge in [0.05, 0.1) is 0 Å². The third kappa shape index (κ3) is 47.8. The fraction of sp³-hybridized carbons (Fsp3) is 0.857. The summed E-state index contributed by atoms with van der Waals surface area (Å²) in [5.41, 5.74) is 0. The van der Waals surface area contributed by atoms with Crippen LogP contribution < -0.4 is 0 Å². The van der Waals surface area contributed by atoms with Crippen LogP contribution in [0.25, 0.3) is 0 Å². The van der Waals surface area contributed by atoms with Gasteiger partial charge < -0.3 is 24.8 Å². The van der Waals surface area contributed by atoms with Crippen LogP contribution in [-0.2, 0) is 21.7 Å². The maximum atomic E-state index is 3.76. The number of rotatable bonds is 6. The van der Waals surface area contributed by atoms with Crippen LogP contribution in [-0.4, -0.2) is 11.0 Å². The smallest absolute Gasteiger partial charge is 0.870 e. The van der Waals surface area contributed by atoms with E-state index in [1.807, 2.05) is 0 Å². The first kappa shape index (κ1) is 30.6. The quantitative estimate of drug-likeness (QED) is 0.511. The SMILES string of the molecule is [CH2-]CCCC(C)C.[CH2-]CCCC(C)C.[OH-].[OH-].[Ti+4]. The zero-order valence-corrected chi connectivity index (χ0v) is 13.8. The number of hydrogen-bond donors (Lipinski definition) is 0. The largest absolute Gasteiger partial charge is 4.00 e. The monoisotopic (exact) mass is 280 g/mol. The van der Waals surface area contributed by atoms with Crippen LogP contribution in [0.5, 0.6) is 0 Å². The molecule has 0 amide bonds. The maximum absolute atomic E-state index is 3.76. The summed E-state index contributed by atoms with van der Waals surface area (Å²) in [6.07, 6.45) is 7.44. The van der Waals surface area contributed by atoms with Gasteiger partial charge in [0.15, 0.2) is 0 Å². The van der Waals surface area contributed by atoms with Gasteiger partial charge in [0.2, 0.25) is 0 Å². The van der Waals surface area contributed by atoms with E-state index in [9.17, 15) is 0 Å². The van der Waals surface area contributed by atoms with E-state index in [2.05, 4.69) is 41.5 Å². The van der Waals surface area contributed by atoms with Crippen molar-refractivity contribution >= 4 is 0 Å². The van der Waals surface area contributed by atoms with Gasteiger partial charge in [0.1, 0.15) is 0 Å². The van der Waals surface area contributed by atoms with Gasteiger partial charge >= 0.3 is 21.7 Å². The van der Waals surface area contributed by atoms with Crippen LogP contribution in [0, 0.1) is 25.7 Å². The van der Waals surface area contributed by atoms with Crippen LogP contribution in [0.4, 0.5) is 0 Å². The molecule has 0 radical (unpaired) electrons. The molecule has 104 valence electrons. The Balaban J connectivity index is -0.0000000480. The summed E-state index contributed by atoms with van der Waals surface area (Å²) < 4.78 is 0. The molecule has 2 nitrogen and oxygen atoms in total. The van der Waals surface area contributed by atoms with Crippen molar-refractivity contribution in [1.29, 1.82) is 0 Å². The summed E-state index contributed by atoms with van der Waals surface area (Å²) in [5.74, 6) is 1.73. The summed E-state index contributed by atoms with van der Waals surface area (Å²) in [4.78, 5) is 0. The van der Waals surface area contributed by atoms with E-state index in [-0.39, 0.29) is 32.7 Å². The molecule has 0 aliphatic heterocycles. The van der Waals surface area contributed by atoms with Crippen LogP contribution in [0.1, 0.15) is 66.2 Å². The van der Waals surface area contributed by atoms with Crippen LogP contribution in [0.15, 0.2) is 0 Å². The normalized spacial score (nSPS) is 8.47. The third-order valence-electron chi connectivity index (χ3n) is 2.06. The van der Waals surface area contributed by atoms with E-state index >= 15 is 0 Å². The van der Waals surface area contributed by atoms with Gasteiger partial charge in [0.25, 0.3) is 0 Å². The van der Waals surface area contributed by atoms with Crippen LogP contribution in [0.2, 0.25) is 0 Å². The Morgan fingerprint density at radius 2 is 0.941 bits per heavy atom. The van der Waals surface area contributed by atoms with E-state index in [0.717, 1.165) is 24.7 Å². The fourth-order valence-electron chi connectivity index (χ4n) is 1.11. The fourth-order valence-corrected chi connectivity index (χ4v) is 1.11. The molecule has 3 heteroatoms. The second-order valence-corrected chi connectivity index (χ2v) is 4.78. The van der Waals surface area contributed by atoms with Gasteiger partial charge in [-0.3, -0.25) is 0 Å². The van der Waals surface area contributed by atoms with Crippen molar-refractivity contribution in [2.75, 3.05) is 0 Å². The molecule has 17 heavy (non-hydrogen) atoms. The Bertz CT molecular complexity index is 84.2. The Morgan fingerprint density at radius 3 is 1.00 bits per heavy atom. The molecule has 0 bridgehead atoms. The molecule has 0 atom stereocenters. The summed E-state index contributed by atoms with van der Waals surface area (Å²) in [5, 5.41) is 0. The van der Waals surface area contributed by atoms with Crippen molar-refractivity contribution in [1.82, 2.24) is 0 Å². The standard InChI is InChI=1S/2C7H15.2H2O.Ti/c2*1-4-5-6-7(2)3;;;/h2*7H,1,4-6H2,2-3H3;2*1H2;/q2*-1;;;+4/p-2. The van der Waals surface area contributed by atoms with Gasteiger partial charge in [-0.25, -0.2) is 0 Å². The topological polar surface area (TPSA) is 60.0 Å². The van der Waals surface area contributed by atoms with Crippen molar-refractivity contribution in [3.8, 4) is 0 Å². The summed E-state index contributed by atoms with van der Waals surface area (Å²) in [6.45, 7) is 16.5. The number of unbranched alkanes of at least 4 members (excludes halogenated alkanes) is 2.